The fourth-order valence-corrected chi connectivity index (χ4v) is 2.45. The maximum atomic E-state index is 12.9. The van der Waals surface area contributed by atoms with Crippen molar-refractivity contribution in [2.45, 2.75) is 0 Å². The molecule has 19 heavy (non-hydrogen) atoms. The Morgan fingerprint density at radius 2 is 1.74 bits per heavy atom. The molecule has 0 aromatic heterocycles. The van der Waals surface area contributed by atoms with Crippen LogP contribution >= 0.6 is 39.1 Å². The number of halogens is 4. The molecule has 0 fully saturated rings. The SMILES string of the molecule is O=C(Nc1ccc(F)cc1Br)c1cc(Cl)cc(Cl)c1. The number of benzene rings is 2. The van der Waals surface area contributed by atoms with Gasteiger partial charge in [-0.25, -0.2) is 4.39 Å². The van der Waals surface area contributed by atoms with Gasteiger partial charge in [-0.15, -0.1) is 0 Å². The first-order chi connectivity index (χ1) is 8.95. The molecule has 0 saturated carbocycles. The van der Waals surface area contributed by atoms with Gasteiger partial charge in [-0.2, -0.15) is 0 Å². The number of rotatable bonds is 2. The molecule has 1 N–H and O–H groups in total. The highest BCUT2D eigenvalue weighted by Gasteiger charge is 2.10. The molecule has 0 heterocycles. The van der Waals surface area contributed by atoms with Crippen LogP contribution in [0.4, 0.5) is 10.1 Å². The Kier molecular flexibility index (Phi) is 4.45. The summed E-state index contributed by atoms with van der Waals surface area (Å²) in [6.45, 7) is 0. The monoisotopic (exact) mass is 361 g/mol. The van der Waals surface area contributed by atoms with E-state index in [0.29, 0.717) is 25.8 Å². The summed E-state index contributed by atoms with van der Waals surface area (Å²) in [5.41, 5.74) is 0.788. The highest BCUT2D eigenvalue weighted by Crippen LogP contribution is 2.25. The van der Waals surface area contributed by atoms with Crippen LogP contribution in [-0.2, 0) is 0 Å². The lowest BCUT2D eigenvalue weighted by Gasteiger charge is -2.08. The fourth-order valence-electron chi connectivity index (χ4n) is 1.47. The van der Waals surface area contributed by atoms with Crippen LogP contribution in [-0.4, -0.2) is 5.91 Å². The van der Waals surface area contributed by atoms with Crippen LogP contribution < -0.4 is 5.32 Å². The van der Waals surface area contributed by atoms with Crippen LogP contribution in [0, 0.1) is 5.82 Å². The van der Waals surface area contributed by atoms with E-state index >= 15 is 0 Å². The van der Waals surface area contributed by atoms with Crippen molar-refractivity contribution in [3.8, 4) is 0 Å². The second-order valence-electron chi connectivity index (χ2n) is 3.74. The van der Waals surface area contributed by atoms with Gasteiger partial charge >= 0.3 is 0 Å². The number of amides is 1. The maximum Gasteiger partial charge on any atom is 0.255 e. The first-order valence-corrected chi connectivity index (χ1v) is 6.73. The van der Waals surface area contributed by atoms with Gasteiger partial charge in [0, 0.05) is 20.1 Å². The largest absolute Gasteiger partial charge is 0.321 e. The summed E-state index contributed by atoms with van der Waals surface area (Å²) < 4.78 is 13.4. The van der Waals surface area contributed by atoms with Gasteiger partial charge < -0.3 is 5.32 Å². The van der Waals surface area contributed by atoms with Gasteiger partial charge in [-0.3, -0.25) is 4.79 Å². The van der Waals surface area contributed by atoms with Gasteiger partial charge in [0.05, 0.1) is 5.69 Å². The molecule has 0 aliphatic carbocycles. The lowest BCUT2D eigenvalue weighted by atomic mass is 10.2. The van der Waals surface area contributed by atoms with Gasteiger partial charge in [0.15, 0.2) is 0 Å². The number of hydrogen-bond donors (Lipinski definition) is 1. The molecule has 0 bridgehead atoms. The zero-order valence-corrected chi connectivity index (χ0v) is 12.5. The standard InChI is InChI=1S/C13H7BrCl2FNO/c14-11-6-10(17)1-2-12(11)18-13(19)7-3-8(15)5-9(16)4-7/h1-6H,(H,18,19). The lowest BCUT2D eigenvalue weighted by Crippen LogP contribution is -2.12. The molecule has 0 saturated heterocycles. The van der Waals surface area contributed by atoms with E-state index in [4.69, 9.17) is 23.2 Å². The molecule has 0 aliphatic rings. The van der Waals surface area contributed by atoms with E-state index in [1.54, 1.807) is 0 Å². The molecule has 0 spiro atoms. The normalized spacial score (nSPS) is 10.3. The smallest absolute Gasteiger partial charge is 0.255 e. The third kappa shape index (κ3) is 3.69. The highest BCUT2D eigenvalue weighted by molar-refractivity contribution is 9.10. The minimum atomic E-state index is -0.393. The molecular formula is C13H7BrCl2FNO. The van der Waals surface area contributed by atoms with Crippen LogP contribution in [0.1, 0.15) is 10.4 Å². The number of carbonyl (C=O) groups is 1. The third-order valence-corrected chi connectivity index (χ3v) is 3.40. The minimum absolute atomic E-state index is 0.328. The van der Waals surface area contributed by atoms with Crippen molar-refractivity contribution < 1.29 is 9.18 Å². The van der Waals surface area contributed by atoms with E-state index in [2.05, 4.69) is 21.2 Å². The maximum absolute atomic E-state index is 12.9. The molecule has 0 aliphatic heterocycles. The number of nitrogens with one attached hydrogen (secondary N) is 1. The Labute approximate surface area is 127 Å². The van der Waals surface area contributed by atoms with Crippen molar-refractivity contribution in [2.75, 3.05) is 5.32 Å². The molecule has 0 unspecified atom stereocenters. The van der Waals surface area contributed by atoms with Crippen molar-refractivity contribution in [1.29, 1.82) is 0 Å². The van der Waals surface area contributed by atoms with Crippen molar-refractivity contribution in [3.63, 3.8) is 0 Å². The van der Waals surface area contributed by atoms with Gasteiger partial charge in [-0.05, 0) is 52.3 Å². The van der Waals surface area contributed by atoms with E-state index < -0.39 is 5.82 Å². The summed E-state index contributed by atoms with van der Waals surface area (Å²) in [6, 6.07) is 8.52. The Morgan fingerprint density at radius 1 is 1.11 bits per heavy atom. The fraction of sp³-hybridized carbons (Fsp3) is 0. The van der Waals surface area contributed by atoms with Crippen LogP contribution in [0.3, 0.4) is 0 Å². The van der Waals surface area contributed by atoms with E-state index in [9.17, 15) is 9.18 Å². The summed E-state index contributed by atoms with van der Waals surface area (Å²) >= 11 is 14.8. The third-order valence-electron chi connectivity index (χ3n) is 2.30. The Balaban J connectivity index is 2.25. The summed E-state index contributed by atoms with van der Waals surface area (Å²) in [4.78, 5) is 12.0. The predicted octanol–water partition coefficient (Wildman–Crippen LogP) is 5.15. The van der Waals surface area contributed by atoms with Crippen LogP contribution in [0.25, 0.3) is 0 Å². The van der Waals surface area contributed by atoms with Crippen molar-refractivity contribution in [3.05, 3.63) is 62.3 Å². The molecule has 2 aromatic rings. The molecule has 98 valence electrons. The van der Waals surface area contributed by atoms with E-state index in [1.165, 1.54) is 36.4 Å². The Bertz CT molecular complexity index is 628. The summed E-state index contributed by atoms with van der Waals surface area (Å²) in [5, 5.41) is 3.38. The van der Waals surface area contributed by atoms with Gasteiger partial charge in [-0.1, -0.05) is 23.2 Å². The highest BCUT2D eigenvalue weighted by atomic mass is 79.9. The van der Waals surface area contributed by atoms with Crippen LogP contribution in [0.15, 0.2) is 40.9 Å². The van der Waals surface area contributed by atoms with Crippen LogP contribution in [0.2, 0.25) is 10.0 Å². The number of anilines is 1. The molecule has 6 heteroatoms. The second-order valence-corrected chi connectivity index (χ2v) is 5.46. The Hall–Kier alpha value is -1.10. The predicted molar refractivity (Wildman–Crippen MR) is 78.5 cm³/mol. The summed E-state index contributed by atoms with van der Waals surface area (Å²) in [6.07, 6.45) is 0. The van der Waals surface area contributed by atoms with Crippen LogP contribution in [0.5, 0.6) is 0 Å². The molecule has 2 rings (SSSR count). The zero-order chi connectivity index (χ0) is 14.0. The van der Waals surface area contributed by atoms with E-state index in [-0.39, 0.29) is 5.91 Å². The quantitative estimate of drug-likeness (QED) is 0.786. The summed E-state index contributed by atoms with van der Waals surface area (Å²) in [7, 11) is 0. The molecular weight excluding hydrogens is 356 g/mol. The Morgan fingerprint density at radius 3 is 2.32 bits per heavy atom. The average molecular weight is 363 g/mol. The van der Waals surface area contributed by atoms with Crippen molar-refractivity contribution in [1.82, 2.24) is 0 Å². The van der Waals surface area contributed by atoms with Gasteiger partial charge in [0.25, 0.3) is 5.91 Å². The van der Waals surface area contributed by atoms with Crippen molar-refractivity contribution in [2.24, 2.45) is 0 Å². The topological polar surface area (TPSA) is 29.1 Å². The lowest BCUT2D eigenvalue weighted by molar-refractivity contribution is 0.102. The molecule has 2 nitrogen and oxygen atoms in total. The molecule has 2 aromatic carbocycles. The average Bonchev–Trinajstić information content (AvgIpc) is 2.31. The van der Waals surface area contributed by atoms with Gasteiger partial charge in [0.2, 0.25) is 0 Å². The molecule has 0 atom stereocenters. The first kappa shape index (κ1) is 14.3. The van der Waals surface area contributed by atoms with Crippen molar-refractivity contribution >= 4 is 50.7 Å². The number of hydrogen-bond acceptors (Lipinski definition) is 1. The molecule has 0 radical (unpaired) electrons. The first-order valence-electron chi connectivity index (χ1n) is 5.18. The second kappa shape index (κ2) is 5.90. The van der Waals surface area contributed by atoms with E-state index in [0.717, 1.165) is 0 Å². The molecule has 1 amide bonds. The summed E-state index contributed by atoms with van der Waals surface area (Å²) in [5.74, 6) is -0.771. The van der Waals surface area contributed by atoms with E-state index in [1.807, 2.05) is 0 Å². The zero-order valence-electron chi connectivity index (χ0n) is 9.38. The van der Waals surface area contributed by atoms with Gasteiger partial charge in [0.1, 0.15) is 5.82 Å². The minimum Gasteiger partial charge on any atom is -0.321 e. The number of carbonyl (C=O) groups excluding carboxylic acids is 1.